The third kappa shape index (κ3) is 52.1. The summed E-state index contributed by atoms with van der Waals surface area (Å²) >= 11 is 0. The summed E-state index contributed by atoms with van der Waals surface area (Å²) in [6.07, 6.45) is 68.0. The third-order valence-electron chi connectivity index (χ3n) is 12.3. The van der Waals surface area contributed by atoms with Gasteiger partial charge in [0.15, 0.2) is 6.10 Å². The number of allylic oxidation sites excluding steroid dienone is 10. The van der Waals surface area contributed by atoms with Gasteiger partial charge in [-0.15, -0.1) is 0 Å². The van der Waals surface area contributed by atoms with E-state index in [1.54, 1.807) is 0 Å². The van der Waals surface area contributed by atoms with Gasteiger partial charge in [-0.1, -0.05) is 261 Å². The number of ether oxygens (including phenoxy) is 3. The molecule has 382 valence electrons. The highest BCUT2D eigenvalue weighted by molar-refractivity contribution is 5.71. The highest BCUT2D eigenvalue weighted by atomic mass is 16.6. The van der Waals surface area contributed by atoms with E-state index in [0.29, 0.717) is 19.3 Å². The molecular weight excluding hydrogens is 817 g/mol. The van der Waals surface area contributed by atoms with Crippen LogP contribution < -0.4 is 0 Å². The summed E-state index contributed by atoms with van der Waals surface area (Å²) in [5.74, 6) is -0.911. The summed E-state index contributed by atoms with van der Waals surface area (Å²) in [4.78, 5) is 38.0. The van der Waals surface area contributed by atoms with Crippen LogP contribution in [0, 0.1) is 0 Å². The fourth-order valence-corrected chi connectivity index (χ4v) is 8.06. The normalized spacial score (nSPS) is 12.5. The molecule has 0 aromatic carbocycles. The van der Waals surface area contributed by atoms with Crippen molar-refractivity contribution in [1.82, 2.24) is 0 Å². The molecule has 0 aliphatic carbocycles. The highest BCUT2D eigenvalue weighted by Gasteiger charge is 2.19. The van der Waals surface area contributed by atoms with Gasteiger partial charge in [0, 0.05) is 19.3 Å². The van der Waals surface area contributed by atoms with Gasteiger partial charge in [0.05, 0.1) is 0 Å². The zero-order valence-electron chi connectivity index (χ0n) is 43.7. The van der Waals surface area contributed by atoms with Crippen molar-refractivity contribution in [3.8, 4) is 0 Å². The number of carbonyl (C=O) groups is 3. The molecule has 0 rings (SSSR count). The molecule has 1 atom stereocenters. The topological polar surface area (TPSA) is 78.9 Å². The lowest BCUT2D eigenvalue weighted by molar-refractivity contribution is -0.167. The average molecular weight is 924 g/mol. The minimum absolute atomic E-state index is 0.0844. The van der Waals surface area contributed by atoms with Crippen LogP contribution in [0.2, 0.25) is 0 Å². The largest absolute Gasteiger partial charge is 0.462 e. The first-order chi connectivity index (χ1) is 32.5. The van der Waals surface area contributed by atoms with E-state index in [1.165, 1.54) is 148 Å². The molecule has 0 saturated heterocycles. The van der Waals surface area contributed by atoms with E-state index >= 15 is 0 Å². The second kappa shape index (κ2) is 54.7. The molecule has 0 N–H and O–H groups in total. The maximum Gasteiger partial charge on any atom is 0.306 e. The molecule has 0 radical (unpaired) electrons. The van der Waals surface area contributed by atoms with Crippen molar-refractivity contribution in [2.75, 3.05) is 13.2 Å². The molecular formula is C60H106O6. The van der Waals surface area contributed by atoms with Crippen molar-refractivity contribution < 1.29 is 28.6 Å². The van der Waals surface area contributed by atoms with E-state index in [0.717, 1.165) is 96.3 Å². The molecule has 0 saturated carbocycles. The lowest BCUT2D eigenvalue weighted by atomic mass is 10.0. The Balaban J connectivity index is 4.27. The Morgan fingerprint density at radius 2 is 0.591 bits per heavy atom. The number of rotatable bonds is 51. The number of unbranched alkanes of at least 4 members (excludes halogenated alkanes) is 30. The van der Waals surface area contributed by atoms with Gasteiger partial charge in [-0.25, -0.2) is 0 Å². The van der Waals surface area contributed by atoms with Crippen LogP contribution in [0.5, 0.6) is 0 Å². The molecule has 66 heavy (non-hydrogen) atoms. The average Bonchev–Trinajstić information content (AvgIpc) is 3.31. The van der Waals surface area contributed by atoms with E-state index in [-0.39, 0.29) is 31.1 Å². The maximum atomic E-state index is 12.8. The van der Waals surface area contributed by atoms with E-state index < -0.39 is 6.10 Å². The Hall–Kier alpha value is -2.89. The van der Waals surface area contributed by atoms with Gasteiger partial charge < -0.3 is 14.2 Å². The van der Waals surface area contributed by atoms with Crippen LogP contribution in [0.4, 0.5) is 0 Å². The monoisotopic (exact) mass is 923 g/mol. The van der Waals surface area contributed by atoms with Crippen LogP contribution >= 0.6 is 0 Å². The Labute approximate surface area is 409 Å². The van der Waals surface area contributed by atoms with Crippen molar-refractivity contribution in [2.24, 2.45) is 0 Å². The summed E-state index contributed by atoms with van der Waals surface area (Å²) in [5, 5.41) is 0. The summed E-state index contributed by atoms with van der Waals surface area (Å²) in [5.41, 5.74) is 0. The van der Waals surface area contributed by atoms with Gasteiger partial charge in [0.1, 0.15) is 13.2 Å². The quantitative estimate of drug-likeness (QED) is 0.0262. The number of carbonyl (C=O) groups excluding carboxylic acids is 3. The van der Waals surface area contributed by atoms with E-state index in [4.69, 9.17) is 14.2 Å². The second-order valence-corrected chi connectivity index (χ2v) is 18.8. The van der Waals surface area contributed by atoms with Crippen molar-refractivity contribution in [3.63, 3.8) is 0 Å². The molecule has 6 heteroatoms. The summed E-state index contributed by atoms with van der Waals surface area (Å²) in [6.45, 7) is 6.50. The van der Waals surface area contributed by atoms with Gasteiger partial charge in [0.25, 0.3) is 0 Å². The van der Waals surface area contributed by atoms with Crippen LogP contribution in [0.15, 0.2) is 60.8 Å². The third-order valence-corrected chi connectivity index (χ3v) is 12.3. The lowest BCUT2D eigenvalue weighted by Crippen LogP contribution is -2.30. The van der Waals surface area contributed by atoms with Crippen molar-refractivity contribution in [1.29, 1.82) is 0 Å². The molecule has 0 aliphatic rings. The Kier molecular flexibility index (Phi) is 52.3. The lowest BCUT2D eigenvalue weighted by Gasteiger charge is -2.18. The van der Waals surface area contributed by atoms with Gasteiger partial charge >= 0.3 is 17.9 Å². The van der Waals surface area contributed by atoms with Gasteiger partial charge in [0.2, 0.25) is 0 Å². The van der Waals surface area contributed by atoms with E-state index in [2.05, 4.69) is 81.5 Å². The van der Waals surface area contributed by atoms with Crippen LogP contribution in [0.25, 0.3) is 0 Å². The summed E-state index contributed by atoms with van der Waals surface area (Å²) in [6, 6.07) is 0. The predicted octanol–water partition coefficient (Wildman–Crippen LogP) is 18.8. The Morgan fingerprint density at radius 3 is 0.924 bits per heavy atom. The smallest absolute Gasteiger partial charge is 0.306 e. The number of hydrogen-bond donors (Lipinski definition) is 0. The van der Waals surface area contributed by atoms with Crippen molar-refractivity contribution >= 4 is 17.9 Å². The van der Waals surface area contributed by atoms with Crippen LogP contribution in [0.3, 0.4) is 0 Å². The van der Waals surface area contributed by atoms with Crippen LogP contribution in [-0.4, -0.2) is 37.2 Å². The highest BCUT2D eigenvalue weighted by Crippen LogP contribution is 2.16. The minimum atomic E-state index is -0.787. The Morgan fingerprint density at radius 1 is 0.318 bits per heavy atom. The summed E-state index contributed by atoms with van der Waals surface area (Å²) < 4.78 is 16.8. The number of esters is 3. The first kappa shape index (κ1) is 63.1. The second-order valence-electron chi connectivity index (χ2n) is 18.8. The van der Waals surface area contributed by atoms with Gasteiger partial charge in [-0.2, -0.15) is 0 Å². The standard InChI is InChI=1S/C60H106O6/c1-4-7-10-13-16-19-21-23-25-27-29-30-32-33-35-37-39-41-44-47-50-53-59(62)65-56-57(55-64-58(61)52-49-46-43-18-15-12-9-6-3)66-60(63)54-51-48-45-42-40-38-36-34-31-28-26-24-22-20-17-14-11-8-5-2/h8,11,17,20,24,26,31,34,38,40,57H,4-7,9-10,12-16,18-19,21-23,25,27-30,32-33,35-37,39,41-56H2,1-3H3/b11-8-,20-17-,26-24-,34-31-,40-38-. The van der Waals surface area contributed by atoms with E-state index in [1.807, 2.05) is 0 Å². The molecule has 0 aromatic heterocycles. The van der Waals surface area contributed by atoms with Gasteiger partial charge in [-0.05, 0) is 64.2 Å². The zero-order chi connectivity index (χ0) is 47.9. The molecule has 0 heterocycles. The molecule has 0 bridgehead atoms. The molecule has 0 spiro atoms. The Bertz CT molecular complexity index is 1200. The zero-order valence-corrected chi connectivity index (χ0v) is 43.7. The molecule has 0 amide bonds. The fourth-order valence-electron chi connectivity index (χ4n) is 8.06. The van der Waals surface area contributed by atoms with Crippen LogP contribution in [0.1, 0.15) is 284 Å². The SMILES string of the molecule is CC/C=C\C/C=C\C/C=C\C/C=C\C/C=C\CCCCCC(=O)OC(COC(=O)CCCCCCCCCC)COC(=O)CCCCCCCCCCCCCCCCCCCCCCC. The molecule has 0 aliphatic heterocycles. The fraction of sp³-hybridized carbons (Fsp3) is 0.783. The molecule has 0 aromatic rings. The first-order valence-corrected chi connectivity index (χ1v) is 28.3. The summed E-state index contributed by atoms with van der Waals surface area (Å²) in [7, 11) is 0. The van der Waals surface area contributed by atoms with Gasteiger partial charge in [-0.3, -0.25) is 14.4 Å². The van der Waals surface area contributed by atoms with Crippen molar-refractivity contribution in [3.05, 3.63) is 60.8 Å². The molecule has 6 nitrogen and oxygen atoms in total. The molecule has 1 unspecified atom stereocenters. The van der Waals surface area contributed by atoms with E-state index in [9.17, 15) is 14.4 Å². The first-order valence-electron chi connectivity index (χ1n) is 28.3. The number of hydrogen-bond acceptors (Lipinski definition) is 6. The predicted molar refractivity (Wildman–Crippen MR) is 284 cm³/mol. The molecule has 0 fully saturated rings. The van der Waals surface area contributed by atoms with Crippen molar-refractivity contribution in [2.45, 2.75) is 290 Å². The minimum Gasteiger partial charge on any atom is -0.462 e. The van der Waals surface area contributed by atoms with Crippen LogP contribution in [-0.2, 0) is 28.6 Å². The maximum absolute atomic E-state index is 12.8.